The average Bonchev–Trinajstić information content (AvgIpc) is 3.00. The van der Waals surface area contributed by atoms with Crippen LogP contribution in [0.3, 0.4) is 0 Å². The van der Waals surface area contributed by atoms with Crippen LogP contribution in [-0.2, 0) is 4.79 Å². The minimum Gasteiger partial charge on any atom is -0.454 e. The van der Waals surface area contributed by atoms with Crippen molar-refractivity contribution in [1.29, 1.82) is 0 Å². The molecule has 1 aromatic carbocycles. The first-order valence-corrected chi connectivity index (χ1v) is 6.84. The lowest BCUT2D eigenvalue weighted by Gasteiger charge is -2.15. The molecule has 1 heterocycles. The number of carbonyl (C=O) groups excluding carboxylic acids is 2. The van der Waals surface area contributed by atoms with Gasteiger partial charge in [-0.2, -0.15) is 0 Å². The summed E-state index contributed by atoms with van der Waals surface area (Å²) in [5, 5.41) is 14.1. The smallest absolute Gasteiger partial charge is 0.240 e. The molecule has 0 saturated heterocycles. The molecule has 0 bridgehead atoms. The van der Waals surface area contributed by atoms with Crippen LogP contribution in [0.1, 0.15) is 17.3 Å². The number of nitrogens with one attached hydrogen (secondary N) is 2. The van der Waals surface area contributed by atoms with Gasteiger partial charge in [0.25, 0.3) is 0 Å². The van der Waals surface area contributed by atoms with E-state index in [0.29, 0.717) is 17.1 Å². The molecule has 0 fully saturated rings. The van der Waals surface area contributed by atoms with Gasteiger partial charge in [-0.05, 0) is 25.1 Å². The van der Waals surface area contributed by atoms with Crippen molar-refractivity contribution in [2.75, 3.05) is 20.1 Å². The summed E-state index contributed by atoms with van der Waals surface area (Å²) in [4.78, 5) is 23.6. The maximum atomic E-state index is 12.3. The predicted molar refractivity (Wildman–Crippen MR) is 77.6 cm³/mol. The van der Waals surface area contributed by atoms with Crippen LogP contribution in [0.15, 0.2) is 18.2 Å². The number of amides is 1. The number of hydrogen-bond acceptors (Lipinski definition) is 7. The van der Waals surface area contributed by atoms with Gasteiger partial charge in [0.15, 0.2) is 17.3 Å². The second kappa shape index (κ2) is 7.21. The Labute approximate surface area is 127 Å². The quantitative estimate of drug-likeness (QED) is 0.375. The van der Waals surface area contributed by atoms with Crippen molar-refractivity contribution in [2.45, 2.75) is 19.0 Å². The van der Waals surface area contributed by atoms with E-state index in [1.54, 1.807) is 25.1 Å². The van der Waals surface area contributed by atoms with Crippen LogP contribution in [0.5, 0.6) is 11.5 Å². The number of benzene rings is 1. The lowest BCUT2D eigenvalue weighted by atomic mass is 10.1. The predicted octanol–water partition coefficient (Wildman–Crippen LogP) is -1.03. The van der Waals surface area contributed by atoms with Gasteiger partial charge in [-0.1, -0.05) is 0 Å². The normalized spacial score (nSPS) is 15.2. The van der Waals surface area contributed by atoms with E-state index in [1.165, 1.54) is 0 Å². The van der Waals surface area contributed by atoms with E-state index < -0.39 is 24.6 Å². The van der Waals surface area contributed by atoms with Crippen molar-refractivity contribution in [1.82, 2.24) is 10.6 Å². The molecule has 5 N–H and O–H groups in total. The Kier molecular flexibility index (Phi) is 5.31. The topological polar surface area (TPSA) is 123 Å². The van der Waals surface area contributed by atoms with Crippen molar-refractivity contribution in [3.05, 3.63) is 23.8 Å². The zero-order valence-electron chi connectivity index (χ0n) is 12.2. The van der Waals surface area contributed by atoms with Gasteiger partial charge in [-0.3, -0.25) is 14.9 Å². The minimum atomic E-state index is -0.971. The Morgan fingerprint density at radius 2 is 2.09 bits per heavy atom. The molecule has 0 aliphatic carbocycles. The third kappa shape index (κ3) is 3.73. The lowest BCUT2D eigenvalue weighted by molar-refractivity contribution is -0.123. The highest BCUT2D eigenvalue weighted by molar-refractivity contribution is 6.00. The molecule has 0 spiro atoms. The van der Waals surface area contributed by atoms with Gasteiger partial charge >= 0.3 is 0 Å². The molecule has 120 valence electrons. The molecule has 0 saturated carbocycles. The van der Waals surface area contributed by atoms with Crippen LogP contribution >= 0.6 is 0 Å². The van der Waals surface area contributed by atoms with Crippen LogP contribution in [0.2, 0.25) is 0 Å². The number of fused-ring (bicyclic) bond motifs is 1. The SMILES string of the molecule is CC(NCNC(=O)C(N)CO)C(=O)c1ccc2c(c1)OCO2. The first-order chi connectivity index (χ1) is 10.5. The molecule has 0 aromatic heterocycles. The molecule has 8 nitrogen and oxygen atoms in total. The number of rotatable bonds is 7. The number of ketones is 1. The Balaban J connectivity index is 1.86. The monoisotopic (exact) mass is 309 g/mol. The van der Waals surface area contributed by atoms with Gasteiger partial charge in [0.05, 0.1) is 19.3 Å². The molecule has 2 atom stereocenters. The summed E-state index contributed by atoms with van der Waals surface area (Å²) in [5.41, 5.74) is 5.84. The molecule has 1 aromatic rings. The number of hydrogen-bond donors (Lipinski definition) is 4. The Morgan fingerprint density at radius 3 is 2.82 bits per heavy atom. The summed E-state index contributed by atoms with van der Waals surface area (Å²) in [6.07, 6.45) is 0. The highest BCUT2D eigenvalue weighted by atomic mass is 16.7. The number of aliphatic hydroxyl groups is 1. The van der Waals surface area contributed by atoms with Crippen molar-refractivity contribution in [3.8, 4) is 11.5 Å². The third-order valence-corrected chi connectivity index (χ3v) is 3.25. The summed E-state index contributed by atoms with van der Waals surface area (Å²) in [6.45, 7) is 1.48. The number of aliphatic hydroxyl groups excluding tert-OH is 1. The van der Waals surface area contributed by atoms with Gasteiger partial charge in [-0.15, -0.1) is 0 Å². The Hall–Kier alpha value is -2.16. The van der Waals surface area contributed by atoms with E-state index in [4.69, 9.17) is 20.3 Å². The van der Waals surface area contributed by atoms with Gasteiger partial charge in [0.1, 0.15) is 6.04 Å². The second-order valence-corrected chi connectivity index (χ2v) is 4.86. The summed E-state index contributed by atoms with van der Waals surface area (Å²) in [5.74, 6) is 0.527. The van der Waals surface area contributed by atoms with Gasteiger partial charge in [-0.25, -0.2) is 0 Å². The fourth-order valence-electron chi connectivity index (χ4n) is 1.90. The molecule has 8 heteroatoms. The number of nitrogens with two attached hydrogens (primary N) is 1. The summed E-state index contributed by atoms with van der Waals surface area (Å²) < 4.78 is 10.4. The van der Waals surface area contributed by atoms with Crippen LogP contribution in [0.4, 0.5) is 0 Å². The highest BCUT2D eigenvalue weighted by Crippen LogP contribution is 2.32. The number of Topliss-reactive ketones (excluding diaryl/α,β-unsaturated/α-hetero) is 1. The van der Waals surface area contributed by atoms with E-state index in [2.05, 4.69) is 10.6 Å². The first kappa shape index (κ1) is 16.2. The van der Waals surface area contributed by atoms with Crippen LogP contribution < -0.4 is 25.8 Å². The van der Waals surface area contributed by atoms with Gasteiger partial charge < -0.3 is 25.6 Å². The fourth-order valence-corrected chi connectivity index (χ4v) is 1.90. The maximum absolute atomic E-state index is 12.3. The maximum Gasteiger partial charge on any atom is 0.240 e. The third-order valence-electron chi connectivity index (χ3n) is 3.25. The van der Waals surface area contributed by atoms with Gasteiger partial charge in [0.2, 0.25) is 12.7 Å². The largest absolute Gasteiger partial charge is 0.454 e. The molecule has 1 aliphatic heterocycles. The van der Waals surface area contributed by atoms with Crippen molar-refractivity contribution < 1.29 is 24.2 Å². The molecule has 1 aliphatic rings. The molecular formula is C14H19N3O5. The summed E-state index contributed by atoms with van der Waals surface area (Å²) >= 11 is 0. The van der Waals surface area contributed by atoms with E-state index >= 15 is 0 Å². The Bertz CT molecular complexity index is 563. The average molecular weight is 309 g/mol. The van der Waals surface area contributed by atoms with Crippen LogP contribution in [0.25, 0.3) is 0 Å². The zero-order chi connectivity index (χ0) is 16.1. The number of ether oxygens (including phenoxy) is 2. The van der Waals surface area contributed by atoms with Crippen LogP contribution in [0, 0.1) is 0 Å². The van der Waals surface area contributed by atoms with Crippen molar-refractivity contribution in [3.63, 3.8) is 0 Å². The zero-order valence-corrected chi connectivity index (χ0v) is 12.2. The standard InChI is InChI=1S/C14H19N3O5/c1-8(16-6-17-14(20)10(15)5-18)13(19)9-2-3-11-12(4-9)22-7-21-11/h2-4,8,10,16,18H,5-7,15H2,1H3,(H,17,20). The van der Waals surface area contributed by atoms with E-state index in [0.717, 1.165) is 0 Å². The second-order valence-electron chi connectivity index (χ2n) is 4.86. The van der Waals surface area contributed by atoms with Crippen molar-refractivity contribution >= 4 is 11.7 Å². The summed E-state index contributed by atoms with van der Waals surface area (Å²) in [6, 6.07) is 3.49. The molecule has 1 amide bonds. The first-order valence-electron chi connectivity index (χ1n) is 6.84. The molecule has 2 unspecified atom stereocenters. The lowest BCUT2D eigenvalue weighted by Crippen LogP contribution is -2.48. The van der Waals surface area contributed by atoms with E-state index in [1.807, 2.05) is 0 Å². The fraction of sp³-hybridized carbons (Fsp3) is 0.429. The van der Waals surface area contributed by atoms with Gasteiger partial charge in [0, 0.05) is 5.56 Å². The van der Waals surface area contributed by atoms with Crippen molar-refractivity contribution in [2.24, 2.45) is 5.73 Å². The molecular weight excluding hydrogens is 290 g/mol. The number of carbonyl (C=O) groups is 2. The molecule has 2 rings (SSSR count). The van der Waals surface area contributed by atoms with Crippen LogP contribution in [-0.4, -0.2) is 48.9 Å². The minimum absolute atomic E-state index is 0.0734. The Morgan fingerprint density at radius 1 is 1.36 bits per heavy atom. The highest BCUT2D eigenvalue weighted by Gasteiger charge is 2.20. The molecule has 22 heavy (non-hydrogen) atoms. The molecule has 0 radical (unpaired) electrons. The summed E-state index contributed by atoms with van der Waals surface area (Å²) in [7, 11) is 0. The van der Waals surface area contributed by atoms with E-state index in [-0.39, 0.29) is 19.2 Å². The van der Waals surface area contributed by atoms with E-state index in [9.17, 15) is 9.59 Å².